The molecular formula is C20H21N3O2. The Morgan fingerprint density at radius 2 is 1.88 bits per heavy atom. The second kappa shape index (κ2) is 7.75. The molecule has 1 heterocycles. The van der Waals surface area contributed by atoms with Gasteiger partial charge in [0, 0.05) is 12.0 Å². The van der Waals surface area contributed by atoms with Crippen LogP contribution in [0.4, 0.5) is 0 Å². The molecule has 0 unspecified atom stereocenters. The zero-order valence-electron chi connectivity index (χ0n) is 14.5. The van der Waals surface area contributed by atoms with E-state index in [0.29, 0.717) is 23.7 Å². The Morgan fingerprint density at radius 1 is 1.08 bits per heavy atom. The van der Waals surface area contributed by atoms with Gasteiger partial charge in [-0.1, -0.05) is 53.2 Å². The van der Waals surface area contributed by atoms with Crippen molar-refractivity contribution in [3.05, 3.63) is 82.5 Å². The summed E-state index contributed by atoms with van der Waals surface area (Å²) in [6.07, 6.45) is 1.53. The molecule has 0 saturated carbocycles. The van der Waals surface area contributed by atoms with Crippen LogP contribution in [0.2, 0.25) is 0 Å². The monoisotopic (exact) mass is 335 g/mol. The number of aromatic nitrogens is 2. The molecule has 1 aromatic heterocycles. The van der Waals surface area contributed by atoms with Crippen LogP contribution in [0.15, 0.2) is 53.1 Å². The van der Waals surface area contributed by atoms with E-state index in [9.17, 15) is 4.79 Å². The van der Waals surface area contributed by atoms with Gasteiger partial charge in [-0.25, -0.2) is 0 Å². The zero-order chi connectivity index (χ0) is 17.6. The average molecular weight is 335 g/mol. The van der Waals surface area contributed by atoms with E-state index in [2.05, 4.69) is 27.6 Å². The van der Waals surface area contributed by atoms with Crippen LogP contribution >= 0.6 is 0 Å². The van der Waals surface area contributed by atoms with Crippen molar-refractivity contribution < 1.29 is 9.32 Å². The molecule has 0 radical (unpaired) electrons. The first kappa shape index (κ1) is 16.9. The van der Waals surface area contributed by atoms with Gasteiger partial charge in [-0.2, -0.15) is 4.98 Å². The molecule has 2 aromatic carbocycles. The van der Waals surface area contributed by atoms with Gasteiger partial charge in [-0.3, -0.25) is 4.79 Å². The minimum absolute atomic E-state index is 0.128. The van der Waals surface area contributed by atoms with Crippen molar-refractivity contribution in [1.82, 2.24) is 15.5 Å². The molecule has 0 aliphatic carbocycles. The molecular weight excluding hydrogens is 314 g/mol. The zero-order valence-corrected chi connectivity index (χ0v) is 14.5. The molecule has 0 fully saturated rings. The summed E-state index contributed by atoms with van der Waals surface area (Å²) in [5, 5.41) is 6.78. The summed E-state index contributed by atoms with van der Waals surface area (Å²) < 4.78 is 5.25. The Morgan fingerprint density at radius 3 is 2.68 bits per heavy atom. The van der Waals surface area contributed by atoms with Crippen LogP contribution in [0, 0.1) is 13.8 Å². The molecule has 3 rings (SSSR count). The fourth-order valence-corrected chi connectivity index (χ4v) is 2.59. The van der Waals surface area contributed by atoms with Crippen LogP contribution in [0.5, 0.6) is 0 Å². The molecule has 0 bridgehead atoms. The van der Waals surface area contributed by atoms with Crippen LogP contribution in [0.3, 0.4) is 0 Å². The molecule has 0 aliphatic heterocycles. The molecule has 1 amide bonds. The van der Waals surface area contributed by atoms with Gasteiger partial charge in [0.25, 0.3) is 5.91 Å². The maximum Gasteiger partial charge on any atom is 0.251 e. The van der Waals surface area contributed by atoms with Crippen LogP contribution < -0.4 is 5.32 Å². The lowest BCUT2D eigenvalue weighted by molar-refractivity contribution is 0.0949. The number of amides is 1. The van der Waals surface area contributed by atoms with Gasteiger partial charge in [0.2, 0.25) is 5.89 Å². The lowest BCUT2D eigenvalue weighted by Gasteiger charge is -2.06. The topological polar surface area (TPSA) is 68.0 Å². The van der Waals surface area contributed by atoms with E-state index in [1.807, 2.05) is 50.2 Å². The molecule has 0 atom stereocenters. The molecule has 128 valence electrons. The van der Waals surface area contributed by atoms with Gasteiger partial charge in [0.15, 0.2) is 5.82 Å². The van der Waals surface area contributed by atoms with Gasteiger partial charge in [0.1, 0.15) is 0 Å². The van der Waals surface area contributed by atoms with Crippen molar-refractivity contribution >= 4 is 5.91 Å². The van der Waals surface area contributed by atoms with Crippen LogP contribution in [0.25, 0.3) is 0 Å². The third-order valence-corrected chi connectivity index (χ3v) is 4.03. The summed E-state index contributed by atoms with van der Waals surface area (Å²) >= 11 is 0. The van der Waals surface area contributed by atoms with E-state index in [-0.39, 0.29) is 12.5 Å². The maximum absolute atomic E-state index is 12.3. The van der Waals surface area contributed by atoms with Gasteiger partial charge in [0.05, 0.1) is 6.54 Å². The largest absolute Gasteiger partial charge is 0.345 e. The Kier molecular flexibility index (Phi) is 5.23. The Balaban J connectivity index is 1.54. The van der Waals surface area contributed by atoms with E-state index in [4.69, 9.17) is 4.52 Å². The van der Waals surface area contributed by atoms with Crippen molar-refractivity contribution in [3.8, 4) is 0 Å². The third-order valence-electron chi connectivity index (χ3n) is 4.03. The van der Waals surface area contributed by atoms with Crippen molar-refractivity contribution in [2.75, 3.05) is 0 Å². The molecule has 1 N–H and O–H groups in total. The van der Waals surface area contributed by atoms with E-state index in [0.717, 1.165) is 17.5 Å². The fraction of sp³-hybridized carbons (Fsp3) is 0.250. The minimum atomic E-state index is -0.128. The number of carbonyl (C=O) groups excluding carboxylic acids is 1. The van der Waals surface area contributed by atoms with E-state index >= 15 is 0 Å². The summed E-state index contributed by atoms with van der Waals surface area (Å²) in [7, 11) is 0. The molecule has 0 saturated heterocycles. The predicted octanol–water partition coefficient (Wildman–Crippen LogP) is 3.40. The number of hydrogen-bond donors (Lipinski definition) is 1. The number of nitrogens with zero attached hydrogens (tertiary/aromatic N) is 2. The Labute approximate surface area is 147 Å². The van der Waals surface area contributed by atoms with Gasteiger partial charge in [-0.15, -0.1) is 0 Å². The molecule has 0 spiro atoms. The smallest absolute Gasteiger partial charge is 0.251 e. The number of aryl methyl sites for hydroxylation is 4. The quantitative estimate of drug-likeness (QED) is 0.749. The summed E-state index contributed by atoms with van der Waals surface area (Å²) in [4.78, 5) is 16.6. The number of benzene rings is 2. The van der Waals surface area contributed by atoms with Crippen LogP contribution in [-0.4, -0.2) is 16.0 Å². The molecule has 25 heavy (non-hydrogen) atoms. The maximum atomic E-state index is 12.3. The fourth-order valence-electron chi connectivity index (χ4n) is 2.59. The molecule has 5 heteroatoms. The average Bonchev–Trinajstić information content (AvgIpc) is 3.09. The van der Waals surface area contributed by atoms with Crippen molar-refractivity contribution in [1.29, 1.82) is 0 Å². The summed E-state index contributed by atoms with van der Waals surface area (Å²) in [6.45, 7) is 4.14. The second-order valence-electron chi connectivity index (χ2n) is 6.09. The van der Waals surface area contributed by atoms with Gasteiger partial charge in [-0.05, 0) is 37.5 Å². The number of carbonyl (C=O) groups is 1. The molecule has 3 aromatic rings. The summed E-state index contributed by atoms with van der Waals surface area (Å²) in [6, 6.07) is 16.0. The first-order valence-electron chi connectivity index (χ1n) is 8.32. The normalized spacial score (nSPS) is 10.6. The lowest BCUT2D eigenvalue weighted by atomic mass is 10.1. The predicted molar refractivity (Wildman–Crippen MR) is 95.2 cm³/mol. The highest BCUT2D eigenvalue weighted by atomic mass is 16.5. The van der Waals surface area contributed by atoms with Crippen molar-refractivity contribution in [2.24, 2.45) is 0 Å². The number of rotatable bonds is 6. The first-order chi connectivity index (χ1) is 12.1. The second-order valence-corrected chi connectivity index (χ2v) is 6.09. The minimum Gasteiger partial charge on any atom is -0.345 e. The van der Waals surface area contributed by atoms with Crippen molar-refractivity contribution in [3.63, 3.8) is 0 Å². The highest BCUT2D eigenvalue weighted by Gasteiger charge is 2.11. The standard InChI is InChI=1S/C20H21N3O2/c1-14-8-9-15(2)17(12-14)20(24)21-13-18-22-19(25-23-18)11-10-16-6-4-3-5-7-16/h3-9,12H,10-11,13H2,1-2H3,(H,21,24). The van der Waals surface area contributed by atoms with Crippen molar-refractivity contribution in [2.45, 2.75) is 33.2 Å². The SMILES string of the molecule is Cc1ccc(C)c(C(=O)NCc2noc(CCc3ccccc3)n2)c1. The van der Waals surface area contributed by atoms with E-state index < -0.39 is 0 Å². The number of hydrogen-bond acceptors (Lipinski definition) is 4. The van der Waals surface area contributed by atoms with E-state index in [1.165, 1.54) is 5.56 Å². The first-order valence-corrected chi connectivity index (χ1v) is 8.32. The summed E-state index contributed by atoms with van der Waals surface area (Å²) in [5.41, 5.74) is 3.90. The highest BCUT2D eigenvalue weighted by Crippen LogP contribution is 2.11. The van der Waals surface area contributed by atoms with Crippen LogP contribution in [0.1, 0.15) is 38.8 Å². The van der Waals surface area contributed by atoms with Gasteiger partial charge >= 0.3 is 0 Å². The van der Waals surface area contributed by atoms with E-state index in [1.54, 1.807) is 0 Å². The molecule has 5 nitrogen and oxygen atoms in total. The van der Waals surface area contributed by atoms with Gasteiger partial charge < -0.3 is 9.84 Å². The Bertz CT molecular complexity index is 856. The highest BCUT2D eigenvalue weighted by molar-refractivity contribution is 5.95. The van der Waals surface area contributed by atoms with Crippen LogP contribution in [-0.2, 0) is 19.4 Å². The summed E-state index contributed by atoms with van der Waals surface area (Å²) in [5.74, 6) is 0.943. The lowest BCUT2D eigenvalue weighted by Crippen LogP contribution is -2.24. The molecule has 0 aliphatic rings. The third kappa shape index (κ3) is 4.53. The Hall–Kier alpha value is -2.95. The number of nitrogens with one attached hydrogen (secondary N) is 1.